The van der Waals surface area contributed by atoms with E-state index in [0.717, 1.165) is 6.07 Å². The Morgan fingerprint density at radius 3 is 2.38 bits per heavy atom. The molecular weight excluding hydrogens is 320 g/mol. The summed E-state index contributed by atoms with van der Waals surface area (Å²) in [6, 6.07) is 8.07. The Balaban J connectivity index is 2.18. The number of hydrogen-bond donors (Lipinski definition) is 2. The lowest BCUT2D eigenvalue weighted by atomic mass is 10.2. The van der Waals surface area contributed by atoms with Gasteiger partial charge < -0.3 is 9.84 Å². The molecule has 24 heavy (non-hydrogen) atoms. The van der Waals surface area contributed by atoms with Crippen LogP contribution in [0, 0.1) is 20.2 Å². The van der Waals surface area contributed by atoms with E-state index in [0.29, 0.717) is 11.3 Å². The number of aromatic hydroxyl groups is 1. The maximum Gasteiger partial charge on any atom is 0.315 e. The van der Waals surface area contributed by atoms with E-state index in [1.165, 1.54) is 43.7 Å². The van der Waals surface area contributed by atoms with Crippen LogP contribution in [-0.4, -0.2) is 28.3 Å². The van der Waals surface area contributed by atoms with E-state index in [2.05, 4.69) is 10.5 Å². The average Bonchev–Trinajstić information content (AvgIpc) is 2.56. The highest BCUT2D eigenvalue weighted by Gasteiger charge is 2.19. The summed E-state index contributed by atoms with van der Waals surface area (Å²) in [7, 11) is 1.27. The summed E-state index contributed by atoms with van der Waals surface area (Å²) in [5.41, 5.74) is 2.90. The van der Waals surface area contributed by atoms with Gasteiger partial charge in [-0.25, -0.2) is 0 Å². The third kappa shape index (κ3) is 3.74. The van der Waals surface area contributed by atoms with Crippen LogP contribution in [0.2, 0.25) is 0 Å². The summed E-state index contributed by atoms with van der Waals surface area (Å²) < 4.78 is 4.88. The molecule has 0 saturated heterocycles. The number of nitrogens with zero attached hydrogens (tertiary/aromatic N) is 3. The highest BCUT2D eigenvalue weighted by atomic mass is 16.6. The second-order valence-electron chi connectivity index (χ2n) is 4.52. The van der Waals surface area contributed by atoms with Crippen molar-refractivity contribution in [2.45, 2.75) is 0 Å². The predicted octanol–water partition coefficient (Wildman–Crippen LogP) is 2.66. The van der Waals surface area contributed by atoms with E-state index in [9.17, 15) is 25.3 Å². The Morgan fingerprint density at radius 1 is 1.17 bits per heavy atom. The zero-order valence-electron chi connectivity index (χ0n) is 12.4. The lowest BCUT2D eigenvalue weighted by molar-refractivity contribution is -0.386. The second kappa shape index (κ2) is 7.05. The number of ether oxygens (including phenoxy) is 1. The molecule has 0 fully saturated rings. The Hall–Kier alpha value is -3.69. The summed E-state index contributed by atoms with van der Waals surface area (Å²) >= 11 is 0. The van der Waals surface area contributed by atoms with Crippen LogP contribution in [0.4, 0.5) is 17.1 Å². The second-order valence-corrected chi connectivity index (χ2v) is 4.52. The Labute approximate surface area is 135 Å². The molecular formula is C14H12N4O6. The number of benzene rings is 2. The van der Waals surface area contributed by atoms with E-state index in [4.69, 9.17) is 4.74 Å². The van der Waals surface area contributed by atoms with Crippen LogP contribution in [0.5, 0.6) is 11.5 Å². The van der Waals surface area contributed by atoms with Gasteiger partial charge in [-0.3, -0.25) is 25.7 Å². The molecule has 0 saturated carbocycles. The number of nitro groups is 2. The molecule has 2 rings (SSSR count). The third-order valence-corrected chi connectivity index (χ3v) is 2.98. The van der Waals surface area contributed by atoms with Crippen LogP contribution >= 0.6 is 0 Å². The highest BCUT2D eigenvalue weighted by Crippen LogP contribution is 2.36. The molecule has 0 aromatic heterocycles. The summed E-state index contributed by atoms with van der Waals surface area (Å²) in [5, 5.41) is 35.0. The number of hydrogen-bond acceptors (Lipinski definition) is 8. The number of phenolic OH excluding ortho intramolecular Hbond substituents is 1. The maximum absolute atomic E-state index is 10.9. The molecule has 0 heterocycles. The molecule has 124 valence electrons. The molecule has 0 bridgehead atoms. The molecule has 0 aliphatic carbocycles. The van der Waals surface area contributed by atoms with Gasteiger partial charge >= 0.3 is 5.69 Å². The normalized spacial score (nSPS) is 10.5. The number of hydrazone groups is 1. The fourth-order valence-corrected chi connectivity index (χ4v) is 1.82. The molecule has 0 aliphatic rings. The fraction of sp³-hybridized carbons (Fsp3) is 0.0714. The number of anilines is 1. The van der Waals surface area contributed by atoms with Crippen molar-refractivity contribution in [3.05, 3.63) is 62.2 Å². The molecule has 0 aliphatic heterocycles. The van der Waals surface area contributed by atoms with Gasteiger partial charge in [-0.2, -0.15) is 5.10 Å². The first-order valence-electron chi connectivity index (χ1n) is 6.51. The Bertz CT molecular complexity index is 804. The quantitative estimate of drug-likeness (QED) is 0.470. The number of methoxy groups -OCH3 is 1. The van der Waals surface area contributed by atoms with Crippen molar-refractivity contribution < 1.29 is 19.7 Å². The van der Waals surface area contributed by atoms with Crippen LogP contribution in [0.3, 0.4) is 0 Å². The number of phenols is 1. The van der Waals surface area contributed by atoms with Crippen LogP contribution in [0.1, 0.15) is 5.56 Å². The maximum atomic E-state index is 10.9. The van der Waals surface area contributed by atoms with Gasteiger partial charge in [0.2, 0.25) is 5.75 Å². The van der Waals surface area contributed by atoms with E-state index >= 15 is 0 Å². The lowest BCUT2D eigenvalue weighted by Gasteiger charge is -2.05. The van der Waals surface area contributed by atoms with Gasteiger partial charge in [0.05, 0.1) is 28.9 Å². The molecule has 0 unspecified atom stereocenters. The van der Waals surface area contributed by atoms with Crippen molar-refractivity contribution in [1.29, 1.82) is 0 Å². The smallest absolute Gasteiger partial charge is 0.315 e. The molecule has 0 spiro atoms. The minimum absolute atomic E-state index is 0.0524. The molecule has 2 aromatic carbocycles. The summed E-state index contributed by atoms with van der Waals surface area (Å²) in [4.78, 5) is 20.2. The molecule has 0 radical (unpaired) electrons. The van der Waals surface area contributed by atoms with Crippen molar-refractivity contribution in [2.24, 2.45) is 5.10 Å². The van der Waals surface area contributed by atoms with Crippen LogP contribution < -0.4 is 10.2 Å². The third-order valence-electron chi connectivity index (χ3n) is 2.98. The van der Waals surface area contributed by atoms with E-state index in [1.807, 2.05) is 0 Å². The monoisotopic (exact) mass is 332 g/mol. The first-order chi connectivity index (χ1) is 11.4. The molecule has 10 nitrogen and oxygen atoms in total. The van der Waals surface area contributed by atoms with Crippen molar-refractivity contribution in [3.8, 4) is 11.5 Å². The van der Waals surface area contributed by atoms with Crippen molar-refractivity contribution in [1.82, 2.24) is 0 Å². The zero-order valence-corrected chi connectivity index (χ0v) is 12.4. The minimum Gasteiger partial charge on any atom is -0.500 e. The molecule has 2 aromatic rings. The van der Waals surface area contributed by atoms with Crippen molar-refractivity contribution in [2.75, 3.05) is 12.5 Å². The van der Waals surface area contributed by atoms with Gasteiger partial charge in [-0.05, 0) is 18.2 Å². The molecule has 0 amide bonds. The number of rotatable bonds is 6. The molecule has 2 N–H and O–H groups in total. The number of nitro benzene ring substituents is 2. The van der Waals surface area contributed by atoms with Crippen LogP contribution in [0.15, 0.2) is 41.5 Å². The Kier molecular flexibility index (Phi) is 4.90. The topological polar surface area (TPSA) is 140 Å². The largest absolute Gasteiger partial charge is 0.500 e. The predicted molar refractivity (Wildman–Crippen MR) is 85.6 cm³/mol. The summed E-state index contributed by atoms with van der Waals surface area (Å²) in [6.07, 6.45) is 1.29. The van der Waals surface area contributed by atoms with Gasteiger partial charge in [0, 0.05) is 23.8 Å². The molecule has 0 atom stereocenters. The van der Waals surface area contributed by atoms with Gasteiger partial charge in [0.1, 0.15) is 0 Å². The fourth-order valence-electron chi connectivity index (χ4n) is 1.82. The van der Waals surface area contributed by atoms with Crippen LogP contribution in [0.25, 0.3) is 0 Å². The van der Waals surface area contributed by atoms with E-state index in [1.54, 1.807) is 0 Å². The first-order valence-corrected chi connectivity index (χ1v) is 6.51. The number of non-ortho nitro benzene ring substituents is 1. The summed E-state index contributed by atoms with van der Waals surface area (Å²) in [5.74, 6) is -0.621. The van der Waals surface area contributed by atoms with Gasteiger partial charge in [-0.1, -0.05) is 0 Å². The number of nitrogens with one attached hydrogen (secondary N) is 1. The van der Waals surface area contributed by atoms with Gasteiger partial charge in [-0.15, -0.1) is 0 Å². The van der Waals surface area contributed by atoms with Crippen molar-refractivity contribution in [3.63, 3.8) is 0 Å². The lowest BCUT2D eigenvalue weighted by Crippen LogP contribution is -1.96. The summed E-state index contributed by atoms with van der Waals surface area (Å²) in [6.45, 7) is 0. The Morgan fingerprint density at radius 2 is 1.83 bits per heavy atom. The first kappa shape index (κ1) is 16.7. The standard InChI is InChI=1S/C14H12N4O6/c1-24-13-7-9(6-12(14(13)19)18(22)23)8-15-16-10-2-4-11(5-3-10)17(20)21/h2-8,16,19H,1H3/b15-8+. The van der Waals surface area contributed by atoms with Gasteiger partial charge in [0.15, 0.2) is 5.75 Å². The zero-order chi connectivity index (χ0) is 17.7. The van der Waals surface area contributed by atoms with Gasteiger partial charge in [0.25, 0.3) is 5.69 Å². The van der Waals surface area contributed by atoms with Crippen LogP contribution in [-0.2, 0) is 0 Å². The highest BCUT2D eigenvalue weighted by molar-refractivity contribution is 5.83. The SMILES string of the molecule is COc1cc(/C=N/Nc2ccc([N+](=O)[O-])cc2)cc([N+](=O)[O-])c1O. The molecule has 10 heteroatoms. The van der Waals surface area contributed by atoms with E-state index < -0.39 is 21.3 Å². The van der Waals surface area contributed by atoms with E-state index in [-0.39, 0.29) is 11.4 Å². The van der Waals surface area contributed by atoms with Crippen molar-refractivity contribution >= 4 is 23.3 Å². The minimum atomic E-state index is -0.737. The average molecular weight is 332 g/mol.